The van der Waals surface area contributed by atoms with Gasteiger partial charge in [-0.2, -0.15) is 5.10 Å². The number of nitrogens with one attached hydrogen (secondary N) is 2. The van der Waals surface area contributed by atoms with Crippen molar-refractivity contribution >= 4 is 64.0 Å². The summed E-state index contributed by atoms with van der Waals surface area (Å²) in [6.07, 6.45) is 4.74. The Balaban J connectivity index is 0.889. The van der Waals surface area contributed by atoms with Crippen LogP contribution in [0.15, 0.2) is 66.6 Å². The predicted molar refractivity (Wildman–Crippen MR) is 251 cm³/mol. The lowest BCUT2D eigenvalue weighted by molar-refractivity contribution is -0.144. The molecule has 4 amide bonds. The second-order valence-electron chi connectivity index (χ2n) is 17.9. The highest BCUT2D eigenvalue weighted by Gasteiger charge is 2.44. The van der Waals surface area contributed by atoms with Crippen molar-refractivity contribution in [2.45, 2.75) is 104 Å². The number of β-amino-alcohol motifs (C(OH)–C–C–N with tert-alkyl or cyclic N) is 1. The van der Waals surface area contributed by atoms with E-state index in [-0.39, 0.29) is 65.9 Å². The molecule has 2 aliphatic heterocycles. The number of nitrogens with zero attached hydrogens (tertiary/aromatic N) is 6. The number of aliphatic hydroxyl groups is 1. The normalized spacial score (nSPS) is 17.7. The molecule has 2 aromatic carbocycles. The first-order chi connectivity index (χ1) is 31.4. The zero-order valence-corrected chi connectivity index (χ0v) is 39.7. The number of thiazole rings is 1. The maximum atomic E-state index is 14.2. The zero-order chi connectivity index (χ0) is 47.4. The molecule has 19 heteroatoms. The molecule has 5 aromatic rings. The van der Waals surface area contributed by atoms with Gasteiger partial charge in [-0.15, -0.1) is 11.3 Å². The van der Waals surface area contributed by atoms with Crippen LogP contribution in [0, 0.1) is 18.2 Å². The van der Waals surface area contributed by atoms with Crippen LogP contribution in [0.2, 0.25) is 10.0 Å². The van der Waals surface area contributed by atoms with Crippen molar-refractivity contribution in [2.24, 2.45) is 5.41 Å². The molecular formula is C47H54Cl2FN9O6S. The van der Waals surface area contributed by atoms with Crippen LogP contribution in [0.25, 0.3) is 21.6 Å². The molecule has 66 heavy (non-hydrogen) atoms. The number of likely N-dealkylation sites (tertiary alicyclic amines) is 2. The van der Waals surface area contributed by atoms with Crippen LogP contribution in [0.1, 0.15) is 88.8 Å². The molecule has 350 valence electrons. The van der Waals surface area contributed by atoms with Gasteiger partial charge in [0.15, 0.2) is 11.6 Å². The second kappa shape index (κ2) is 20.5. The molecule has 0 saturated carbocycles. The van der Waals surface area contributed by atoms with Crippen molar-refractivity contribution in [3.8, 4) is 27.3 Å². The molecule has 2 saturated heterocycles. The Labute approximate surface area is 396 Å². The summed E-state index contributed by atoms with van der Waals surface area (Å²) in [6, 6.07) is 10.2. The first-order valence-corrected chi connectivity index (χ1v) is 23.4. The first-order valence-electron chi connectivity index (χ1n) is 21.8. The number of carbonyl (C=O) groups is 4. The summed E-state index contributed by atoms with van der Waals surface area (Å²) in [7, 11) is 0. The van der Waals surface area contributed by atoms with Crippen LogP contribution in [-0.2, 0) is 25.7 Å². The van der Waals surface area contributed by atoms with Gasteiger partial charge in [0.1, 0.15) is 24.0 Å². The van der Waals surface area contributed by atoms with Crippen molar-refractivity contribution in [3.05, 3.63) is 99.2 Å². The van der Waals surface area contributed by atoms with E-state index in [1.807, 2.05) is 62.8 Å². The van der Waals surface area contributed by atoms with Crippen LogP contribution in [0.4, 0.5) is 10.2 Å². The number of benzene rings is 2. The molecule has 7 rings (SSSR count). The van der Waals surface area contributed by atoms with Gasteiger partial charge in [-0.1, -0.05) is 68.2 Å². The number of rotatable bonds is 14. The monoisotopic (exact) mass is 961 g/mol. The van der Waals surface area contributed by atoms with Crippen LogP contribution in [0.3, 0.4) is 0 Å². The summed E-state index contributed by atoms with van der Waals surface area (Å²) < 4.78 is 22.1. The number of hydrogen-bond acceptors (Lipinski definition) is 11. The van der Waals surface area contributed by atoms with E-state index in [4.69, 9.17) is 33.7 Å². The number of amides is 4. The van der Waals surface area contributed by atoms with Gasteiger partial charge < -0.3 is 36.0 Å². The van der Waals surface area contributed by atoms with Crippen LogP contribution < -0.4 is 21.1 Å². The van der Waals surface area contributed by atoms with Crippen LogP contribution >= 0.6 is 34.5 Å². The topological polar surface area (TPSA) is 198 Å². The average Bonchev–Trinajstić information content (AvgIpc) is 4.06. The molecule has 0 aliphatic carbocycles. The van der Waals surface area contributed by atoms with E-state index < -0.39 is 53.2 Å². The summed E-state index contributed by atoms with van der Waals surface area (Å²) in [5, 5.41) is 21.1. The number of nitrogens with two attached hydrogens (primary N) is 1. The van der Waals surface area contributed by atoms with E-state index in [1.165, 1.54) is 17.0 Å². The number of aromatic nitrogens is 4. The van der Waals surface area contributed by atoms with Gasteiger partial charge in [0.05, 0.1) is 39.4 Å². The Hall–Kier alpha value is -5.62. The average molecular weight is 963 g/mol. The lowest BCUT2D eigenvalue weighted by atomic mass is 9.85. The summed E-state index contributed by atoms with van der Waals surface area (Å²) in [5.74, 6) is -1.72. The fourth-order valence-corrected chi connectivity index (χ4v) is 9.82. The van der Waals surface area contributed by atoms with E-state index in [1.54, 1.807) is 47.1 Å². The number of ether oxygens (including phenoxy) is 1. The Kier molecular flexibility index (Phi) is 15.0. The molecular weight excluding hydrogens is 909 g/mol. The Morgan fingerprint density at radius 1 is 1.02 bits per heavy atom. The Bertz CT molecular complexity index is 2580. The fraction of sp³-hybridized carbons (Fsp3) is 0.426. The lowest BCUT2D eigenvalue weighted by Gasteiger charge is -2.35. The van der Waals surface area contributed by atoms with Crippen LogP contribution in [-0.4, -0.2) is 96.1 Å². The van der Waals surface area contributed by atoms with Crippen molar-refractivity contribution in [3.63, 3.8) is 0 Å². The zero-order valence-electron chi connectivity index (χ0n) is 37.4. The molecule has 2 fully saturated rings. The molecule has 15 nitrogen and oxygen atoms in total. The van der Waals surface area contributed by atoms with Crippen molar-refractivity contribution in [1.29, 1.82) is 0 Å². The van der Waals surface area contributed by atoms with Gasteiger partial charge in [0.2, 0.25) is 23.6 Å². The number of aryl methyl sites for hydroxylation is 1. The smallest absolute Gasteiger partial charge is 0.246 e. The first kappa shape index (κ1) is 48.3. The fourth-order valence-electron chi connectivity index (χ4n) is 8.33. The molecule has 5 N–H and O–H groups in total. The second-order valence-corrected chi connectivity index (χ2v) is 19.5. The summed E-state index contributed by atoms with van der Waals surface area (Å²) in [5.41, 5.74) is 11.8. The van der Waals surface area contributed by atoms with Gasteiger partial charge in [0, 0.05) is 79.5 Å². The van der Waals surface area contributed by atoms with E-state index >= 15 is 0 Å². The molecule has 4 atom stereocenters. The number of carbonyl (C=O) groups excluding carboxylic acids is 4. The van der Waals surface area contributed by atoms with E-state index in [0.29, 0.717) is 37.1 Å². The number of halogens is 3. The lowest BCUT2D eigenvalue weighted by Crippen LogP contribution is -2.57. The summed E-state index contributed by atoms with van der Waals surface area (Å²) in [6.45, 7) is 10.2. The number of hydrogen-bond donors (Lipinski definition) is 4. The molecule has 0 spiro atoms. The Morgan fingerprint density at radius 2 is 1.74 bits per heavy atom. The highest BCUT2D eigenvalue weighted by molar-refractivity contribution is 7.13. The summed E-state index contributed by atoms with van der Waals surface area (Å²) in [4.78, 5) is 67.1. The highest BCUT2D eigenvalue weighted by atomic mass is 35.5. The molecule has 0 radical (unpaired) electrons. The molecule has 3 aromatic heterocycles. The number of pyridine rings is 1. The number of anilines is 1. The van der Waals surface area contributed by atoms with Crippen molar-refractivity contribution in [2.75, 3.05) is 25.4 Å². The number of nitrogen functional groups attached to an aromatic ring is 1. The van der Waals surface area contributed by atoms with Gasteiger partial charge in [-0.05, 0) is 61.4 Å². The Morgan fingerprint density at radius 3 is 2.42 bits per heavy atom. The quantitative estimate of drug-likeness (QED) is 0.0820. The summed E-state index contributed by atoms with van der Waals surface area (Å²) >= 11 is 14.1. The van der Waals surface area contributed by atoms with E-state index in [9.17, 15) is 28.7 Å². The van der Waals surface area contributed by atoms with Crippen molar-refractivity contribution in [1.82, 2.24) is 40.2 Å². The third-order valence-electron chi connectivity index (χ3n) is 12.1. The van der Waals surface area contributed by atoms with Gasteiger partial charge in [0.25, 0.3) is 0 Å². The maximum absolute atomic E-state index is 14.2. The minimum atomic E-state index is -1.01. The van der Waals surface area contributed by atoms with Gasteiger partial charge >= 0.3 is 0 Å². The highest BCUT2D eigenvalue weighted by Crippen LogP contribution is 2.37. The minimum absolute atomic E-state index is 0.0138. The molecule has 2 aliphatic rings. The van der Waals surface area contributed by atoms with Crippen molar-refractivity contribution < 1.29 is 33.4 Å². The van der Waals surface area contributed by atoms with Gasteiger partial charge in [-0.25, -0.2) is 14.4 Å². The molecule has 0 unspecified atom stereocenters. The number of aliphatic hydroxyl groups excluding tert-OH is 1. The van der Waals surface area contributed by atoms with Crippen LogP contribution in [0.5, 0.6) is 5.75 Å². The largest absolute Gasteiger partial charge is 0.482 e. The third kappa shape index (κ3) is 11.1. The van der Waals surface area contributed by atoms with Gasteiger partial charge in [-0.3, -0.25) is 23.9 Å². The molecule has 5 heterocycles. The molecule has 0 bridgehead atoms. The standard InChI is InChI=1S/C47H54Cl2FN9O6S/c1-26-42(66-25-54-26)29-8-6-28(7-9-29)20-53-45(63)36-19-33(60)24-58(36)46(64)43(47(3,4)5)56-38(61)12-13-39(62)57-16-14-32(15-17-57)59-23-31(22-55-59)30-18-37(44(51)52-21-30)65-27(2)40-34(48)10-11-35(50)41(40)49/h6-11,18,21-23,25,27,32-33,36,43,60H,12-17,19-20,24H2,1-5H3,(H2,51,52)(H,53,63)(H,56,61)/t27-,33-,36+,43-/m1/s1. The third-order valence-corrected chi connectivity index (χ3v) is 13.8. The minimum Gasteiger partial charge on any atom is -0.482 e. The SMILES string of the molecule is Cc1ncsc1-c1ccc(CNC(=O)[C@@H]2C[C@@H](O)CN2C(=O)[C@@H](NC(=O)CCC(=O)N2CCC(n3cc(-c4cnc(N)c(O[C@H](C)c5c(Cl)ccc(F)c5Cl)c4)cn3)CC2)C(C)(C)C)cc1. The van der Waals surface area contributed by atoms with E-state index in [2.05, 4.69) is 25.7 Å². The predicted octanol–water partition coefficient (Wildman–Crippen LogP) is 7.30. The number of piperidine rings is 1. The van der Waals surface area contributed by atoms with E-state index in [0.717, 1.165) is 27.3 Å². The maximum Gasteiger partial charge on any atom is 0.246 e.